The molecule has 0 radical (unpaired) electrons. The fourth-order valence-electron chi connectivity index (χ4n) is 6.89. The van der Waals surface area contributed by atoms with Crippen LogP contribution in [0.15, 0.2) is 73.2 Å². The number of imidazole rings is 1. The van der Waals surface area contributed by atoms with E-state index in [2.05, 4.69) is 25.8 Å². The van der Waals surface area contributed by atoms with Crippen LogP contribution in [0.3, 0.4) is 0 Å². The molecule has 2 aliphatic rings. The van der Waals surface area contributed by atoms with Gasteiger partial charge in [0.1, 0.15) is 23.2 Å². The molecule has 1 saturated heterocycles. The molecule has 274 valence electrons. The van der Waals surface area contributed by atoms with Crippen LogP contribution in [0.5, 0.6) is 0 Å². The highest BCUT2D eigenvalue weighted by molar-refractivity contribution is 5.98. The number of fused-ring (bicyclic) bond motifs is 1. The molecular formula is C39H52N6O6. The zero-order chi connectivity index (χ0) is 36.6. The number of hydrogen-bond donors (Lipinski definition) is 3. The molecular weight excluding hydrogens is 648 g/mol. The van der Waals surface area contributed by atoms with Crippen LogP contribution in [0, 0.1) is 5.92 Å². The third-order valence-electron chi connectivity index (χ3n) is 9.43. The first-order valence-corrected chi connectivity index (χ1v) is 17.9. The number of carbonyl (C=O) groups excluding carboxylic acids is 4. The highest BCUT2D eigenvalue weighted by Crippen LogP contribution is 2.37. The van der Waals surface area contributed by atoms with Crippen molar-refractivity contribution in [2.45, 2.75) is 109 Å². The largest absolute Gasteiger partial charge is 0.444 e. The second-order valence-electron chi connectivity index (χ2n) is 15.1. The Labute approximate surface area is 300 Å². The fourth-order valence-corrected chi connectivity index (χ4v) is 6.89. The summed E-state index contributed by atoms with van der Waals surface area (Å²) in [5, 5.41) is 8.12. The molecule has 4 unspecified atom stereocenters. The highest BCUT2D eigenvalue weighted by atomic mass is 16.6. The topological polar surface area (TPSA) is 144 Å². The lowest BCUT2D eigenvalue weighted by Gasteiger charge is -2.45. The number of anilines is 1. The normalized spacial score (nSPS) is 18.9. The molecule has 4 amide bonds. The molecule has 0 bridgehead atoms. The summed E-state index contributed by atoms with van der Waals surface area (Å²) in [6.07, 6.45) is 9.11. The number of benzene rings is 2. The molecule has 1 aliphatic heterocycles. The first-order chi connectivity index (χ1) is 24.3. The monoisotopic (exact) mass is 700 g/mol. The van der Waals surface area contributed by atoms with Gasteiger partial charge in [0.05, 0.1) is 19.5 Å². The van der Waals surface area contributed by atoms with Crippen molar-refractivity contribution < 1.29 is 28.7 Å². The summed E-state index contributed by atoms with van der Waals surface area (Å²) in [7, 11) is 0. The highest BCUT2D eigenvalue weighted by Gasteiger charge is 2.39. The molecule has 2 aromatic carbocycles. The van der Waals surface area contributed by atoms with Gasteiger partial charge in [-0.2, -0.15) is 0 Å². The van der Waals surface area contributed by atoms with E-state index in [1.807, 2.05) is 60.7 Å². The van der Waals surface area contributed by atoms with Crippen molar-refractivity contribution in [1.29, 1.82) is 0 Å². The number of aromatic nitrogens is 2. The molecule has 3 N–H and O–H groups in total. The van der Waals surface area contributed by atoms with Crippen molar-refractivity contribution in [3.8, 4) is 0 Å². The van der Waals surface area contributed by atoms with Crippen molar-refractivity contribution in [3.05, 3.63) is 84.3 Å². The summed E-state index contributed by atoms with van der Waals surface area (Å²) in [6, 6.07) is 17.5. The molecule has 2 fully saturated rings. The molecule has 12 nitrogen and oxygen atoms in total. The van der Waals surface area contributed by atoms with Crippen molar-refractivity contribution in [1.82, 2.24) is 25.1 Å². The van der Waals surface area contributed by atoms with Gasteiger partial charge >= 0.3 is 6.09 Å². The summed E-state index contributed by atoms with van der Waals surface area (Å²) >= 11 is 0. The van der Waals surface area contributed by atoms with Gasteiger partial charge in [0.15, 0.2) is 5.82 Å². The van der Waals surface area contributed by atoms with Crippen molar-refractivity contribution >= 4 is 29.6 Å². The standard InChI is InChI=1S/C39H52N6O6/c1-38(2,3)51-37(49)43-39(4,5)36(48)41-30(25-50-24-27-15-8-6-9-16-27)34(46)42-32-23-44(26-40-32)33(29-18-10-7-11-19-29)35(47)45-22-14-20-28-17-12-13-21-31(28)45/h6-11,15-16,18-19,23,26,28,30-31,33H,12-14,17,20-22,24-25H2,1-5H3,(H,41,48)(H,42,46)(H,43,49). The Balaban J connectivity index is 1.33. The molecule has 12 heteroatoms. The summed E-state index contributed by atoms with van der Waals surface area (Å²) < 4.78 is 13.0. The van der Waals surface area contributed by atoms with E-state index in [-0.39, 0.29) is 31.0 Å². The summed E-state index contributed by atoms with van der Waals surface area (Å²) in [6.45, 7) is 9.01. The maximum Gasteiger partial charge on any atom is 0.408 e. The van der Waals surface area contributed by atoms with E-state index in [0.29, 0.717) is 5.92 Å². The number of amides is 4. The average molecular weight is 701 g/mol. The molecule has 2 heterocycles. The Bertz CT molecular complexity index is 1630. The fraction of sp³-hybridized carbons (Fsp3) is 0.513. The zero-order valence-corrected chi connectivity index (χ0v) is 30.4. The molecule has 51 heavy (non-hydrogen) atoms. The van der Waals surface area contributed by atoms with E-state index < -0.39 is 41.1 Å². The predicted octanol–water partition coefficient (Wildman–Crippen LogP) is 5.60. The molecule has 1 saturated carbocycles. The van der Waals surface area contributed by atoms with Crippen molar-refractivity contribution in [2.24, 2.45) is 5.92 Å². The number of carbonyl (C=O) groups is 4. The summed E-state index contributed by atoms with van der Waals surface area (Å²) in [5.74, 6) is -0.410. The first-order valence-electron chi connectivity index (χ1n) is 17.9. The number of rotatable bonds is 12. The minimum atomic E-state index is -1.42. The van der Waals surface area contributed by atoms with E-state index in [9.17, 15) is 19.2 Å². The number of hydrogen-bond acceptors (Lipinski definition) is 7. The van der Waals surface area contributed by atoms with Gasteiger partial charge < -0.3 is 34.9 Å². The molecule has 1 aliphatic carbocycles. The quantitative estimate of drug-likeness (QED) is 0.223. The second-order valence-corrected chi connectivity index (χ2v) is 15.1. The van der Waals surface area contributed by atoms with Gasteiger partial charge in [0, 0.05) is 18.8 Å². The lowest BCUT2D eigenvalue weighted by Crippen LogP contribution is -2.59. The van der Waals surface area contributed by atoms with Crippen LogP contribution >= 0.6 is 0 Å². The van der Waals surface area contributed by atoms with E-state index >= 15 is 0 Å². The summed E-state index contributed by atoms with van der Waals surface area (Å²) in [4.78, 5) is 60.6. The Morgan fingerprint density at radius 1 is 0.902 bits per heavy atom. The smallest absolute Gasteiger partial charge is 0.408 e. The SMILES string of the molecule is CC(C)(C)OC(=O)NC(C)(C)C(=O)NC(COCc1ccccc1)C(=O)Nc1cn(C(C(=O)N2CCCC3CCCCC32)c2ccccc2)cn1. The van der Waals surface area contributed by atoms with E-state index in [1.165, 1.54) is 20.3 Å². The lowest BCUT2D eigenvalue weighted by atomic mass is 9.78. The minimum Gasteiger partial charge on any atom is -0.444 e. The molecule has 1 aromatic heterocycles. The van der Waals surface area contributed by atoms with Crippen LogP contribution in [0.1, 0.15) is 90.3 Å². The predicted molar refractivity (Wildman–Crippen MR) is 194 cm³/mol. The van der Waals surface area contributed by atoms with Crippen molar-refractivity contribution in [3.63, 3.8) is 0 Å². The third kappa shape index (κ3) is 10.2. The van der Waals surface area contributed by atoms with Gasteiger partial charge in [-0.1, -0.05) is 73.5 Å². The maximum atomic E-state index is 14.4. The van der Waals surface area contributed by atoms with E-state index in [1.54, 1.807) is 37.9 Å². The average Bonchev–Trinajstić information content (AvgIpc) is 3.54. The van der Waals surface area contributed by atoms with Crippen LogP contribution in [-0.4, -0.2) is 74.6 Å². The Morgan fingerprint density at radius 3 is 2.27 bits per heavy atom. The number of likely N-dealkylation sites (tertiary alicyclic amines) is 1. The van der Waals surface area contributed by atoms with E-state index in [0.717, 1.165) is 49.8 Å². The number of nitrogens with zero attached hydrogens (tertiary/aromatic N) is 3. The summed E-state index contributed by atoms with van der Waals surface area (Å²) in [5.41, 5.74) is -0.450. The van der Waals surface area contributed by atoms with Crippen LogP contribution in [-0.2, 0) is 30.5 Å². The maximum absolute atomic E-state index is 14.4. The van der Waals surface area contributed by atoms with Gasteiger partial charge in [0.2, 0.25) is 5.91 Å². The van der Waals surface area contributed by atoms with Crippen LogP contribution in [0.4, 0.5) is 10.6 Å². The van der Waals surface area contributed by atoms with Gasteiger partial charge in [0.25, 0.3) is 11.8 Å². The Kier molecular flexibility index (Phi) is 12.2. The van der Waals surface area contributed by atoms with Gasteiger partial charge in [-0.3, -0.25) is 14.4 Å². The minimum absolute atomic E-state index is 0.0206. The first kappa shape index (κ1) is 37.5. The number of piperidine rings is 1. The molecule has 3 aromatic rings. The number of nitrogens with one attached hydrogen (secondary N) is 3. The zero-order valence-electron chi connectivity index (χ0n) is 30.4. The van der Waals surface area contributed by atoms with Gasteiger partial charge in [-0.15, -0.1) is 0 Å². The number of ether oxygens (including phenoxy) is 2. The second kappa shape index (κ2) is 16.5. The molecule has 0 spiro atoms. The van der Waals surface area contributed by atoms with Crippen LogP contribution < -0.4 is 16.0 Å². The van der Waals surface area contributed by atoms with E-state index in [4.69, 9.17) is 9.47 Å². The molecule has 5 rings (SSSR count). The lowest BCUT2D eigenvalue weighted by molar-refractivity contribution is -0.140. The van der Waals surface area contributed by atoms with Gasteiger partial charge in [-0.25, -0.2) is 9.78 Å². The Hall–Kier alpha value is -4.71. The van der Waals surface area contributed by atoms with Gasteiger partial charge in [-0.05, 0) is 77.3 Å². The van der Waals surface area contributed by atoms with Crippen LogP contribution in [0.25, 0.3) is 0 Å². The Morgan fingerprint density at radius 2 is 1.57 bits per heavy atom. The third-order valence-corrected chi connectivity index (χ3v) is 9.43. The molecule has 4 atom stereocenters. The van der Waals surface area contributed by atoms with Crippen molar-refractivity contribution in [2.75, 3.05) is 18.5 Å². The number of alkyl carbamates (subject to hydrolysis) is 1. The van der Waals surface area contributed by atoms with Crippen LogP contribution in [0.2, 0.25) is 0 Å².